The van der Waals surface area contributed by atoms with E-state index in [9.17, 15) is 14.0 Å². The minimum atomic E-state index is -0.499. The number of rotatable bonds is 3. The Kier molecular flexibility index (Phi) is 4.61. The van der Waals surface area contributed by atoms with Crippen molar-refractivity contribution in [2.45, 2.75) is 6.04 Å². The molecule has 3 heterocycles. The Morgan fingerprint density at radius 1 is 1.26 bits per heavy atom. The molecule has 2 aliphatic rings. The zero-order chi connectivity index (χ0) is 19.0. The van der Waals surface area contributed by atoms with Crippen molar-refractivity contribution >= 4 is 11.9 Å². The average Bonchev–Trinajstić information content (AvgIpc) is 3.28. The molecule has 2 aromatic rings. The van der Waals surface area contributed by atoms with Gasteiger partial charge in [0.05, 0.1) is 18.7 Å². The molecule has 3 atom stereocenters. The molecule has 0 radical (unpaired) electrons. The Hall–Kier alpha value is -2.80. The first-order valence-electron chi connectivity index (χ1n) is 8.90. The van der Waals surface area contributed by atoms with E-state index in [-0.39, 0.29) is 29.4 Å². The van der Waals surface area contributed by atoms with Gasteiger partial charge in [-0.25, -0.2) is 9.18 Å². The second-order valence-electron chi connectivity index (χ2n) is 6.96. The largest absolute Gasteiger partial charge is 0.465 e. The van der Waals surface area contributed by atoms with Crippen LogP contribution in [0.2, 0.25) is 0 Å². The first kappa shape index (κ1) is 17.6. The smallest absolute Gasteiger partial charge is 0.339 e. The van der Waals surface area contributed by atoms with Crippen molar-refractivity contribution in [3.63, 3.8) is 0 Å². The Morgan fingerprint density at radius 3 is 2.81 bits per heavy atom. The van der Waals surface area contributed by atoms with Crippen molar-refractivity contribution in [3.05, 3.63) is 65.2 Å². The van der Waals surface area contributed by atoms with Gasteiger partial charge in [0.15, 0.2) is 0 Å². The summed E-state index contributed by atoms with van der Waals surface area (Å²) < 4.78 is 18.5. The number of nitrogens with one attached hydrogen (secondary N) is 1. The van der Waals surface area contributed by atoms with Gasteiger partial charge >= 0.3 is 5.97 Å². The molecule has 2 saturated heterocycles. The van der Waals surface area contributed by atoms with Gasteiger partial charge in [-0.2, -0.15) is 0 Å². The fraction of sp³-hybridized carbons (Fsp3) is 0.350. The van der Waals surface area contributed by atoms with E-state index in [0.29, 0.717) is 18.0 Å². The first-order valence-corrected chi connectivity index (χ1v) is 8.90. The SMILES string of the molecule is COC(=O)c1ccc(C(=O)N2C[C@@H]3CNC[C@@H]3[C@H]2c2cccc(F)c2)nc1. The Balaban J connectivity index is 1.64. The summed E-state index contributed by atoms with van der Waals surface area (Å²) in [4.78, 5) is 30.6. The number of carbonyl (C=O) groups excluding carboxylic acids is 2. The van der Waals surface area contributed by atoms with Gasteiger partial charge in [0, 0.05) is 31.7 Å². The Labute approximate surface area is 156 Å². The molecule has 140 valence electrons. The molecule has 1 N–H and O–H groups in total. The molecule has 6 nitrogen and oxygen atoms in total. The highest BCUT2D eigenvalue weighted by Crippen LogP contribution is 2.43. The van der Waals surface area contributed by atoms with Crippen LogP contribution in [0.15, 0.2) is 42.6 Å². The summed E-state index contributed by atoms with van der Waals surface area (Å²) >= 11 is 0. The number of fused-ring (bicyclic) bond motifs is 1. The number of hydrogen-bond donors (Lipinski definition) is 1. The number of methoxy groups -OCH3 is 1. The van der Waals surface area contributed by atoms with Crippen molar-refractivity contribution in [1.82, 2.24) is 15.2 Å². The molecular formula is C20H20FN3O3. The van der Waals surface area contributed by atoms with Gasteiger partial charge < -0.3 is 15.0 Å². The summed E-state index contributed by atoms with van der Waals surface area (Å²) in [5.74, 6) is -0.451. The zero-order valence-electron chi connectivity index (χ0n) is 14.9. The third-order valence-corrected chi connectivity index (χ3v) is 5.42. The first-order chi connectivity index (χ1) is 13.1. The highest BCUT2D eigenvalue weighted by molar-refractivity contribution is 5.94. The predicted molar refractivity (Wildman–Crippen MR) is 95.6 cm³/mol. The van der Waals surface area contributed by atoms with Gasteiger partial charge in [0.1, 0.15) is 11.5 Å². The minimum Gasteiger partial charge on any atom is -0.465 e. The van der Waals surface area contributed by atoms with Crippen LogP contribution in [0.25, 0.3) is 0 Å². The van der Waals surface area contributed by atoms with Crippen molar-refractivity contribution in [2.75, 3.05) is 26.7 Å². The summed E-state index contributed by atoms with van der Waals surface area (Å²) in [5, 5.41) is 3.37. The number of ether oxygens (including phenoxy) is 1. The highest BCUT2D eigenvalue weighted by Gasteiger charge is 2.47. The molecule has 1 aromatic heterocycles. The van der Waals surface area contributed by atoms with Gasteiger partial charge in [-0.05, 0) is 35.7 Å². The van der Waals surface area contributed by atoms with Gasteiger partial charge in [-0.1, -0.05) is 12.1 Å². The molecule has 2 aliphatic heterocycles. The number of halogens is 1. The number of hydrogen-bond acceptors (Lipinski definition) is 5. The number of benzene rings is 1. The molecule has 1 aromatic carbocycles. The van der Waals surface area contributed by atoms with Crippen LogP contribution in [-0.2, 0) is 4.74 Å². The number of nitrogens with zero attached hydrogens (tertiary/aromatic N) is 2. The van der Waals surface area contributed by atoms with Crippen LogP contribution in [0.4, 0.5) is 4.39 Å². The number of aromatic nitrogens is 1. The van der Waals surface area contributed by atoms with E-state index in [1.165, 1.54) is 37.6 Å². The van der Waals surface area contributed by atoms with Crippen LogP contribution < -0.4 is 5.32 Å². The summed E-state index contributed by atoms with van der Waals surface area (Å²) in [6.45, 7) is 2.23. The molecule has 0 saturated carbocycles. The third kappa shape index (κ3) is 3.19. The maximum absolute atomic E-state index is 13.8. The van der Waals surface area contributed by atoms with Crippen molar-refractivity contribution in [3.8, 4) is 0 Å². The van der Waals surface area contributed by atoms with Crippen LogP contribution in [-0.4, -0.2) is 48.5 Å². The standard InChI is InChI=1S/C20H20FN3O3/c1-27-20(26)13-5-6-17(23-9-13)19(25)24-11-14-8-22-10-16(14)18(24)12-3-2-4-15(21)7-12/h2-7,9,14,16,18,22H,8,10-11H2,1H3/t14-,16-,18+/m0/s1. The molecule has 7 heteroatoms. The Bertz CT molecular complexity index is 871. The van der Waals surface area contributed by atoms with Crippen molar-refractivity contribution in [2.24, 2.45) is 11.8 Å². The van der Waals surface area contributed by atoms with Gasteiger partial charge in [0.2, 0.25) is 0 Å². The molecule has 1 amide bonds. The van der Waals surface area contributed by atoms with E-state index < -0.39 is 5.97 Å². The highest BCUT2D eigenvalue weighted by atomic mass is 19.1. The van der Waals surface area contributed by atoms with Gasteiger partial charge in [-0.3, -0.25) is 9.78 Å². The monoisotopic (exact) mass is 369 g/mol. The molecule has 4 rings (SSSR count). The molecular weight excluding hydrogens is 349 g/mol. The fourth-order valence-electron chi connectivity index (χ4n) is 4.15. The van der Waals surface area contributed by atoms with E-state index in [1.54, 1.807) is 11.0 Å². The number of pyridine rings is 1. The molecule has 2 fully saturated rings. The number of amides is 1. The summed E-state index contributed by atoms with van der Waals surface area (Å²) in [7, 11) is 1.29. The van der Waals surface area contributed by atoms with Gasteiger partial charge in [-0.15, -0.1) is 0 Å². The second kappa shape index (κ2) is 7.08. The molecule has 27 heavy (non-hydrogen) atoms. The summed E-state index contributed by atoms with van der Waals surface area (Å²) in [6, 6.07) is 9.30. The Morgan fingerprint density at radius 2 is 2.11 bits per heavy atom. The van der Waals surface area contributed by atoms with Crippen LogP contribution in [0.5, 0.6) is 0 Å². The van der Waals surface area contributed by atoms with Crippen molar-refractivity contribution < 1.29 is 18.7 Å². The van der Waals surface area contributed by atoms with E-state index in [2.05, 4.69) is 15.0 Å². The number of esters is 1. The maximum atomic E-state index is 13.8. The molecule has 0 bridgehead atoms. The molecule has 0 spiro atoms. The zero-order valence-corrected chi connectivity index (χ0v) is 14.9. The lowest BCUT2D eigenvalue weighted by molar-refractivity contribution is 0.0598. The number of likely N-dealkylation sites (tertiary alicyclic amines) is 1. The topological polar surface area (TPSA) is 71.5 Å². The van der Waals surface area contributed by atoms with Crippen LogP contribution in [0.3, 0.4) is 0 Å². The van der Waals surface area contributed by atoms with Crippen LogP contribution in [0, 0.1) is 17.7 Å². The second-order valence-corrected chi connectivity index (χ2v) is 6.96. The van der Waals surface area contributed by atoms with E-state index in [4.69, 9.17) is 0 Å². The fourth-order valence-corrected chi connectivity index (χ4v) is 4.15. The molecule has 0 unspecified atom stereocenters. The van der Waals surface area contributed by atoms with E-state index in [1.807, 2.05) is 6.07 Å². The lowest BCUT2D eigenvalue weighted by Crippen LogP contribution is -2.35. The van der Waals surface area contributed by atoms with E-state index in [0.717, 1.165) is 18.7 Å². The molecule has 0 aliphatic carbocycles. The predicted octanol–water partition coefficient (Wildman–Crippen LogP) is 2.04. The lowest BCUT2D eigenvalue weighted by Gasteiger charge is -2.28. The van der Waals surface area contributed by atoms with Crippen molar-refractivity contribution in [1.29, 1.82) is 0 Å². The van der Waals surface area contributed by atoms with E-state index >= 15 is 0 Å². The summed E-state index contributed by atoms with van der Waals surface area (Å²) in [5.41, 5.74) is 1.35. The maximum Gasteiger partial charge on any atom is 0.339 e. The van der Waals surface area contributed by atoms with Crippen LogP contribution in [0.1, 0.15) is 32.5 Å². The lowest BCUT2D eigenvalue weighted by atomic mass is 9.89. The minimum absolute atomic E-state index is 0.199. The van der Waals surface area contributed by atoms with Crippen LogP contribution >= 0.6 is 0 Å². The third-order valence-electron chi connectivity index (χ3n) is 5.42. The number of carbonyl (C=O) groups is 2. The average molecular weight is 369 g/mol. The normalized spacial score (nSPS) is 23.9. The summed E-state index contributed by atoms with van der Waals surface area (Å²) in [6.07, 6.45) is 1.34. The quantitative estimate of drug-likeness (QED) is 0.839. The van der Waals surface area contributed by atoms with Gasteiger partial charge in [0.25, 0.3) is 5.91 Å².